The average molecular weight is 565 g/mol. The number of carbonyl (C=O) groups excluding carboxylic acids is 3. The molecule has 2 amide bonds. The second-order valence-corrected chi connectivity index (χ2v) is 11.7. The normalized spacial score (nSPS) is 21.7. The van der Waals surface area contributed by atoms with Gasteiger partial charge in [-0.3, -0.25) is 0 Å². The van der Waals surface area contributed by atoms with Crippen LogP contribution in [0.3, 0.4) is 0 Å². The quantitative estimate of drug-likeness (QED) is 0.268. The Morgan fingerprint density at radius 2 is 1.51 bits per heavy atom. The first kappa shape index (κ1) is 24.9. The molecule has 1 fully saturated rings. The molecule has 0 bridgehead atoms. The number of ether oxygens (including phenoxy) is 3. The Kier molecular flexibility index (Phi) is 6.91. The van der Waals surface area contributed by atoms with Gasteiger partial charge in [-0.25, -0.2) is 0 Å². The third kappa shape index (κ3) is 4.34. The molecule has 0 unspecified atom stereocenters. The number of carbonyl (C=O) groups is 3. The van der Waals surface area contributed by atoms with Crippen molar-refractivity contribution in [2.45, 2.75) is 29.5 Å². The standard InChI is InChI=1S/C28H26N2O6Se/c1-34-24(31)23-17-28(37-20-13-7-4-8-14-20)21-15-9-10-16-22(21)29(25(28)30(23)26(32)35-2)27(33)36-18-19-11-5-3-6-12-19/h3-16,23,25H,17-18H2,1-2H3/t23-,25-,28+/m0/s1. The van der Waals surface area contributed by atoms with Gasteiger partial charge in [-0.15, -0.1) is 0 Å². The number of anilines is 1. The van der Waals surface area contributed by atoms with Gasteiger partial charge in [0, 0.05) is 0 Å². The molecule has 8 nitrogen and oxygen atoms in total. The van der Waals surface area contributed by atoms with Crippen molar-refractivity contribution < 1.29 is 28.6 Å². The number of hydrogen-bond acceptors (Lipinski definition) is 6. The van der Waals surface area contributed by atoms with E-state index in [1.807, 2.05) is 84.9 Å². The maximum absolute atomic E-state index is 13.7. The average Bonchev–Trinajstić information content (AvgIpc) is 3.41. The molecule has 2 aliphatic heterocycles. The van der Waals surface area contributed by atoms with E-state index in [1.54, 1.807) is 0 Å². The fourth-order valence-corrected chi connectivity index (χ4v) is 8.42. The van der Waals surface area contributed by atoms with Crippen LogP contribution in [0.1, 0.15) is 17.5 Å². The number of likely N-dealkylation sites (tertiary alicyclic amines) is 1. The second kappa shape index (κ2) is 10.3. The zero-order valence-corrected chi connectivity index (χ0v) is 22.1. The van der Waals surface area contributed by atoms with Crippen molar-refractivity contribution >= 4 is 43.3 Å². The van der Waals surface area contributed by atoms with Gasteiger partial charge in [0.25, 0.3) is 0 Å². The summed E-state index contributed by atoms with van der Waals surface area (Å²) in [6, 6.07) is 25.9. The molecule has 2 aliphatic rings. The number of esters is 1. The summed E-state index contributed by atoms with van der Waals surface area (Å²) < 4.78 is 16.3. The van der Waals surface area contributed by atoms with Crippen molar-refractivity contribution in [2.24, 2.45) is 0 Å². The van der Waals surface area contributed by atoms with Crippen LogP contribution in [0.5, 0.6) is 0 Å². The van der Waals surface area contributed by atoms with Crippen LogP contribution in [0.15, 0.2) is 84.9 Å². The van der Waals surface area contributed by atoms with Crippen LogP contribution in [0.2, 0.25) is 0 Å². The minimum atomic E-state index is -0.925. The zero-order valence-electron chi connectivity index (χ0n) is 20.4. The molecule has 190 valence electrons. The Hall–Kier alpha value is -3.81. The van der Waals surface area contributed by atoms with Crippen molar-refractivity contribution in [3.05, 3.63) is 96.1 Å². The summed E-state index contributed by atoms with van der Waals surface area (Å²) in [4.78, 5) is 42.8. The molecule has 0 radical (unpaired) electrons. The first-order chi connectivity index (χ1) is 18.0. The van der Waals surface area contributed by atoms with Gasteiger partial charge in [0.1, 0.15) is 0 Å². The predicted octanol–water partition coefficient (Wildman–Crippen LogP) is 3.41. The van der Waals surface area contributed by atoms with Gasteiger partial charge in [0.2, 0.25) is 0 Å². The number of hydrogen-bond donors (Lipinski definition) is 0. The molecule has 3 aromatic carbocycles. The Labute approximate surface area is 221 Å². The summed E-state index contributed by atoms with van der Waals surface area (Å²) in [5, 5.41) is 0. The Morgan fingerprint density at radius 1 is 0.865 bits per heavy atom. The molecule has 9 heteroatoms. The summed E-state index contributed by atoms with van der Waals surface area (Å²) in [7, 11) is 2.56. The predicted molar refractivity (Wildman–Crippen MR) is 138 cm³/mol. The summed E-state index contributed by atoms with van der Waals surface area (Å²) in [6.07, 6.45) is -1.86. The second-order valence-electron chi connectivity index (χ2n) is 8.73. The Morgan fingerprint density at radius 3 is 2.19 bits per heavy atom. The summed E-state index contributed by atoms with van der Waals surface area (Å²) in [5.74, 6) is -0.557. The summed E-state index contributed by atoms with van der Waals surface area (Å²) >= 11 is -0.279. The molecule has 1 saturated heterocycles. The van der Waals surface area contributed by atoms with E-state index in [4.69, 9.17) is 14.2 Å². The molecule has 0 spiro atoms. The van der Waals surface area contributed by atoms with E-state index in [9.17, 15) is 14.4 Å². The van der Waals surface area contributed by atoms with Crippen molar-refractivity contribution in [3.8, 4) is 0 Å². The first-order valence-corrected chi connectivity index (χ1v) is 13.5. The van der Waals surface area contributed by atoms with Crippen LogP contribution < -0.4 is 9.36 Å². The fourth-order valence-electron chi connectivity index (χ4n) is 5.14. The summed E-state index contributed by atoms with van der Waals surface area (Å²) in [5.41, 5.74) is 2.38. The number of fused-ring (bicyclic) bond motifs is 3. The molecule has 2 heterocycles. The van der Waals surface area contributed by atoms with Crippen LogP contribution in [-0.2, 0) is 29.9 Å². The van der Waals surface area contributed by atoms with Crippen LogP contribution in [0.4, 0.5) is 15.3 Å². The van der Waals surface area contributed by atoms with Gasteiger partial charge in [-0.2, -0.15) is 0 Å². The van der Waals surface area contributed by atoms with Crippen molar-refractivity contribution in [3.63, 3.8) is 0 Å². The van der Waals surface area contributed by atoms with E-state index in [2.05, 4.69) is 0 Å². The SMILES string of the molecule is COC(=O)[C@@H]1C[C@@]2([Se]c3ccccc3)c3ccccc3N(C(=O)OCc3ccccc3)[C@H]2N1C(=O)OC. The number of nitrogens with zero attached hydrogens (tertiary/aromatic N) is 2. The van der Waals surface area contributed by atoms with Gasteiger partial charge in [0.15, 0.2) is 0 Å². The Bertz CT molecular complexity index is 1300. The molecule has 0 aromatic heterocycles. The van der Waals surface area contributed by atoms with Crippen molar-refractivity contribution in [1.82, 2.24) is 4.90 Å². The van der Waals surface area contributed by atoms with Gasteiger partial charge < -0.3 is 0 Å². The topological polar surface area (TPSA) is 85.4 Å². The minimum absolute atomic E-state index is 0.0700. The van der Waals surface area contributed by atoms with Crippen LogP contribution >= 0.6 is 0 Å². The number of amides is 2. The monoisotopic (exact) mass is 566 g/mol. The fraction of sp³-hybridized carbons (Fsp3) is 0.250. The van der Waals surface area contributed by atoms with Crippen LogP contribution in [0, 0.1) is 0 Å². The molecule has 0 N–H and O–H groups in total. The number of para-hydroxylation sites is 1. The molecular weight excluding hydrogens is 539 g/mol. The van der Waals surface area contributed by atoms with Crippen molar-refractivity contribution in [1.29, 1.82) is 0 Å². The van der Waals surface area contributed by atoms with E-state index in [1.165, 1.54) is 24.0 Å². The number of rotatable bonds is 5. The van der Waals surface area contributed by atoms with E-state index in [0.29, 0.717) is 5.69 Å². The Balaban J connectivity index is 1.63. The third-order valence-electron chi connectivity index (χ3n) is 6.68. The number of benzene rings is 3. The molecule has 0 saturated carbocycles. The van der Waals surface area contributed by atoms with E-state index in [0.717, 1.165) is 15.6 Å². The van der Waals surface area contributed by atoms with Gasteiger partial charge in [0.05, 0.1) is 0 Å². The van der Waals surface area contributed by atoms with Gasteiger partial charge >= 0.3 is 221 Å². The van der Waals surface area contributed by atoms with Crippen LogP contribution in [-0.4, -0.2) is 64.4 Å². The van der Waals surface area contributed by atoms with Crippen molar-refractivity contribution in [2.75, 3.05) is 19.1 Å². The van der Waals surface area contributed by atoms with E-state index < -0.39 is 34.7 Å². The van der Waals surface area contributed by atoms with Gasteiger partial charge in [-0.1, -0.05) is 0 Å². The molecular formula is C28H26N2O6Se. The van der Waals surface area contributed by atoms with E-state index in [-0.39, 0.29) is 28.0 Å². The molecule has 3 aromatic rings. The van der Waals surface area contributed by atoms with Crippen LogP contribution in [0.25, 0.3) is 0 Å². The first-order valence-electron chi connectivity index (χ1n) is 11.8. The van der Waals surface area contributed by atoms with E-state index >= 15 is 0 Å². The third-order valence-corrected chi connectivity index (χ3v) is 9.76. The summed E-state index contributed by atoms with van der Waals surface area (Å²) in [6.45, 7) is 0.0700. The molecule has 37 heavy (non-hydrogen) atoms. The number of methoxy groups -OCH3 is 2. The molecule has 0 aliphatic carbocycles. The van der Waals surface area contributed by atoms with Gasteiger partial charge in [-0.05, 0) is 0 Å². The molecule has 5 rings (SSSR count). The molecule has 3 atom stereocenters. The maximum atomic E-state index is 13.7. The zero-order chi connectivity index (χ0) is 26.0.